The Morgan fingerprint density at radius 2 is 2.38 bits per heavy atom. The van der Waals surface area contributed by atoms with Crippen molar-refractivity contribution in [2.75, 3.05) is 0 Å². The summed E-state index contributed by atoms with van der Waals surface area (Å²) in [5, 5.41) is 0. The molecule has 1 nitrogen and oxygen atoms in total. The number of thiophene rings is 1. The lowest BCUT2D eigenvalue weighted by Crippen LogP contribution is -2.17. The van der Waals surface area contributed by atoms with Crippen molar-refractivity contribution in [3.05, 3.63) is 21.4 Å². The van der Waals surface area contributed by atoms with Crippen LogP contribution in [-0.2, 0) is 12.8 Å². The van der Waals surface area contributed by atoms with Crippen molar-refractivity contribution < 1.29 is 4.79 Å². The summed E-state index contributed by atoms with van der Waals surface area (Å²) in [7, 11) is 0. The zero-order chi connectivity index (χ0) is 9.42. The smallest absolute Gasteiger partial charge is 0.175 e. The first-order valence-electron chi connectivity index (χ1n) is 4.88. The van der Waals surface area contributed by atoms with E-state index in [2.05, 4.69) is 13.0 Å². The molecule has 0 saturated heterocycles. The van der Waals surface area contributed by atoms with E-state index in [0.29, 0.717) is 5.78 Å². The van der Waals surface area contributed by atoms with Gasteiger partial charge in [-0.3, -0.25) is 4.79 Å². The summed E-state index contributed by atoms with van der Waals surface area (Å²) in [5.74, 6) is 0.613. The monoisotopic (exact) mass is 194 g/mol. The van der Waals surface area contributed by atoms with Gasteiger partial charge < -0.3 is 0 Å². The predicted molar refractivity (Wildman–Crippen MR) is 55.5 cm³/mol. The molecule has 0 N–H and O–H groups in total. The molecule has 1 unspecified atom stereocenters. The highest BCUT2D eigenvalue weighted by Crippen LogP contribution is 2.32. The van der Waals surface area contributed by atoms with Crippen molar-refractivity contribution in [2.45, 2.75) is 33.1 Å². The summed E-state index contributed by atoms with van der Waals surface area (Å²) in [6.07, 6.45) is 3.18. The molecule has 0 aliphatic heterocycles. The molecule has 2 heteroatoms. The van der Waals surface area contributed by atoms with Crippen LogP contribution in [0.5, 0.6) is 0 Å². The van der Waals surface area contributed by atoms with Gasteiger partial charge in [-0.25, -0.2) is 0 Å². The van der Waals surface area contributed by atoms with Gasteiger partial charge in [-0.05, 0) is 30.9 Å². The second-order valence-corrected chi connectivity index (χ2v) is 4.86. The second-order valence-electron chi connectivity index (χ2n) is 3.72. The first-order valence-corrected chi connectivity index (χ1v) is 5.69. The van der Waals surface area contributed by atoms with Gasteiger partial charge in [0.25, 0.3) is 0 Å². The topological polar surface area (TPSA) is 17.1 Å². The third kappa shape index (κ3) is 1.44. The maximum Gasteiger partial charge on any atom is 0.175 e. The number of ketones is 1. The molecule has 0 bridgehead atoms. The average Bonchev–Trinajstić information content (AvgIpc) is 2.55. The third-order valence-electron chi connectivity index (χ3n) is 2.73. The van der Waals surface area contributed by atoms with E-state index >= 15 is 0 Å². The third-order valence-corrected chi connectivity index (χ3v) is 4.06. The van der Waals surface area contributed by atoms with Crippen LogP contribution in [0.15, 0.2) is 6.07 Å². The lowest BCUT2D eigenvalue weighted by atomic mass is 9.89. The highest BCUT2D eigenvalue weighted by atomic mass is 32.1. The summed E-state index contributed by atoms with van der Waals surface area (Å²) in [6.45, 7) is 4.18. The lowest BCUT2D eigenvalue weighted by molar-refractivity contribution is 0.0918. The number of rotatable bonds is 1. The van der Waals surface area contributed by atoms with E-state index in [4.69, 9.17) is 0 Å². The minimum Gasteiger partial charge on any atom is -0.293 e. The van der Waals surface area contributed by atoms with Crippen LogP contribution in [0, 0.1) is 5.92 Å². The van der Waals surface area contributed by atoms with Crippen LogP contribution in [0.1, 0.15) is 40.4 Å². The van der Waals surface area contributed by atoms with Crippen LogP contribution >= 0.6 is 11.3 Å². The summed E-state index contributed by atoms with van der Waals surface area (Å²) in [5.41, 5.74) is 1.30. The fraction of sp³-hybridized carbons (Fsp3) is 0.545. The number of aryl methyl sites for hydroxylation is 2. The first kappa shape index (κ1) is 8.95. The molecule has 0 spiro atoms. The molecule has 13 heavy (non-hydrogen) atoms. The molecule has 70 valence electrons. The standard InChI is InChI=1S/C11H14OS/c1-3-9-6-8-5-4-7(2)10(12)11(8)13-9/h6-7H,3-5H2,1-2H3. The Morgan fingerprint density at radius 1 is 1.62 bits per heavy atom. The van der Waals surface area contributed by atoms with Gasteiger partial charge in [0, 0.05) is 10.8 Å². The first-order chi connectivity index (χ1) is 6.22. The number of carbonyl (C=O) groups excluding carboxylic acids is 1. The minimum atomic E-state index is 0.246. The van der Waals surface area contributed by atoms with E-state index in [0.717, 1.165) is 24.1 Å². The quantitative estimate of drug-likeness (QED) is 0.671. The molecule has 0 fully saturated rings. The van der Waals surface area contributed by atoms with E-state index in [-0.39, 0.29) is 5.92 Å². The summed E-state index contributed by atoms with van der Waals surface area (Å²) in [6, 6.07) is 2.21. The van der Waals surface area contributed by atoms with Gasteiger partial charge in [-0.2, -0.15) is 0 Å². The van der Waals surface area contributed by atoms with Crippen molar-refractivity contribution >= 4 is 17.1 Å². The van der Waals surface area contributed by atoms with Crippen molar-refractivity contribution in [1.29, 1.82) is 0 Å². The molecule has 2 rings (SSSR count). The van der Waals surface area contributed by atoms with Gasteiger partial charge in [-0.1, -0.05) is 13.8 Å². The van der Waals surface area contributed by atoms with Crippen LogP contribution in [0.4, 0.5) is 0 Å². The van der Waals surface area contributed by atoms with E-state index < -0.39 is 0 Å². The lowest BCUT2D eigenvalue weighted by Gasteiger charge is -2.15. The number of carbonyl (C=O) groups is 1. The highest BCUT2D eigenvalue weighted by molar-refractivity contribution is 7.14. The van der Waals surface area contributed by atoms with Crippen LogP contribution < -0.4 is 0 Å². The SMILES string of the molecule is CCc1cc2c(s1)C(=O)C(C)CC2. The maximum atomic E-state index is 11.8. The number of fused-ring (bicyclic) bond motifs is 1. The maximum absolute atomic E-state index is 11.8. The van der Waals surface area contributed by atoms with Gasteiger partial charge in [0.1, 0.15) is 0 Å². The van der Waals surface area contributed by atoms with Crippen LogP contribution in [-0.4, -0.2) is 5.78 Å². The predicted octanol–water partition coefficient (Wildman–Crippen LogP) is 3.08. The van der Waals surface area contributed by atoms with Gasteiger partial charge in [-0.15, -0.1) is 11.3 Å². The van der Waals surface area contributed by atoms with E-state index in [1.165, 1.54) is 10.4 Å². The van der Waals surface area contributed by atoms with Gasteiger partial charge >= 0.3 is 0 Å². The molecular formula is C11H14OS. The Kier molecular flexibility index (Phi) is 2.24. The molecule has 1 aliphatic rings. The Morgan fingerprint density at radius 3 is 3.08 bits per heavy atom. The highest BCUT2D eigenvalue weighted by Gasteiger charge is 2.25. The molecule has 0 amide bonds. The number of Topliss-reactive ketones (excluding diaryl/α,β-unsaturated/α-hetero) is 1. The molecule has 0 radical (unpaired) electrons. The molecule has 1 atom stereocenters. The molecule has 0 saturated carbocycles. The Labute approximate surface area is 82.8 Å². The summed E-state index contributed by atoms with van der Waals surface area (Å²) < 4.78 is 0. The number of hydrogen-bond donors (Lipinski definition) is 0. The molecule has 1 heterocycles. The molecular weight excluding hydrogens is 180 g/mol. The van der Waals surface area contributed by atoms with Gasteiger partial charge in [0.15, 0.2) is 5.78 Å². The van der Waals surface area contributed by atoms with Crippen molar-refractivity contribution in [2.24, 2.45) is 5.92 Å². The summed E-state index contributed by atoms with van der Waals surface area (Å²) >= 11 is 1.70. The van der Waals surface area contributed by atoms with E-state index in [9.17, 15) is 4.79 Å². The van der Waals surface area contributed by atoms with Crippen LogP contribution in [0.2, 0.25) is 0 Å². The summed E-state index contributed by atoms with van der Waals surface area (Å²) in [4.78, 5) is 14.1. The normalized spacial score (nSPS) is 21.7. The van der Waals surface area contributed by atoms with Crippen molar-refractivity contribution in [3.63, 3.8) is 0 Å². The van der Waals surface area contributed by atoms with Crippen molar-refractivity contribution in [1.82, 2.24) is 0 Å². The molecule has 1 aromatic rings. The Bertz CT molecular complexity index is 338. The second kappa shape index (κ2) is 3.26. The van der Waals surface area contributed by atoms with Crippen molar-refractivity contribution in [3.8, 4) is 0 Å². The Balaban J connectivity index is 2.42. The van der Waals surface area contributed by atoms with E-state index in [1.54, 1.807) is 11.3 Å². The zero-order valence-electron chi connectivity index (χ0n) is 8.09. The molecule has 0 aromatic carbocycles. The zero-order valence-corrected chi connectivity index (χ0v) is 8.91. The largest absolute Gasteiger partial charge is 0.293 e. The van der Waals surface area contributed by atoms with E-state index in [1.807, 2.05) is 6.92 Å². The molecule has 1 aliphatic carbocycles. The fourth-order valence-electron chi connectivity index (χ4n) is 1.78. The fourth-order valence-corrected chi connectivity index (χ4v) is 2.98. The average molecular weight is 194 g/mol. The number of hydrogen-bond acceptors (Lipinski definition) is 2. The Hall–Kier alpha value is -0.630. The van der Waals surface area contributed by atoms with Gasteiger partial charge in [0.2, 0.25) is 0 Å². The van der Waals surface area contributed by atoms with Crippen LogP contribution in [0.3, 0.4) is 0 Å². The minimum absolute atomic E-state index is 0.246. The molecule has 1 aromatic heterocycles. The van der Waals surface area contributed by atoms with Crippen LogP contribution in [0.25, 0.3) is 0 Å². The van der Waals surface area contributed by atoms with Gasteiger partial charge in [0.05, 0.1) is 4.88 Å².